The topological polar surface area (TPSA) is 77.3 Å². The summed E-state index contributed by atoms with van der Waals surface area (Å²) in [4.78, 5) is 12.2. The number of carbonyl (C=O) groups excluding carboxylic acids is 1. The number of rotatable bonds is 6. The summed E-state index contributed by atoms with van der Waals surface area (Å²) in [7, 11) is 1.60. The van der Waals surface area contributed by atoms with Gasteiger partial charge in [-0.05, 0) is 18.2 Å². The zero-order valence-corrected chi connectivity index (χ0v) is 13.4. The van der Waals surface area contributed by atoms with Crippen LogP contribution in [0.2, 0.25) is 0 Å². The van der Waals surface area contributed by atoms with E-state index in [0.717, 1.165) is 27.3 Å². The van der Waals surface area contributed by atoms with Crippen LogP contribution < -0.4 is 10.1 Å². The van der Waals surface area contributed by atoms with Gasteiger partial charge in [0.25, 0.3) is 0 Å². The Bertz CT molecular complexity index is 853. The quantitative estimate of drug-likeness (QED) is 0.703. The van der Waals surface area contributed by atoms with Gasteiger partial charge in [-0.1, -0.05) is 17.4 Å². The molecule has 3 rings (SSSR count). The number of benzene rings is 1. The molecule has 1 N–H and O–H groups in total. The summed E-state index contributed by atoms with van der Waals surface area (Å²) in [5, 5.41) is 12.8. The van der Waals surface area contributed by atoms with E-state index in [4.69, 9.17) is 9.15 Å². The number of ether oxygens (including phenoxy) is 1. The van der Waals surface area contributed by atoms with Crippen molar-refractivity contribution < 1.29 is 13.9 Å². The molecule has 2 heterocycles. The molecular weight excluding hydrogens is 314 g/mol. The molecule has 0 radical (unpaired) electrons. The van der Waals surface area contributed by atoms with E-state index in [1.54, 1.807) is 19.4 Å². The Balaban J connectivity index is 1.73. The van der Waals surface area contributed by atoms with Gasteiger partial charge in [-0.2, -0.15) is 0 Å². The highest BCUT2D eigenvalue weighted by Crippen LogP contribution is 2.26. The van der Waals surface area contributed by atoms with E-state index in [1.807, 2.05) is 18.2 Å². The van der Waals surface area contributed by atoms with E-state index in [-0.39, 0.29) is 12.3 Å². The van der Waals surface area contributed by atoms with Gasteiger partial charge in [0.1, 0.15) is 16.3 Å². The largest absolute Gasteiger partial charge is 0.497 e. The van der Waals surface area contributed by atoms with Crippen LogP contribution in [0.3, 0.4) is 0 Å². The molecule has 0 bridgehead atoms. The second-order valence-electron chi connectivity index (χ2n) is 4.84. The van der Waals surface area contributed by atoms with Crippen molar-refractivity contribution in [3.8, 4) is 5.75 Å². The van der Waals surface area contributed by atoms with Crippen molar-refractivity contribution in [3.63, 3.8) is 0 Å². The highest BCUT2D eigenvalue weighted by atomic mass is 32.1. The maximum atomic E-state index is 12.2. The Morgan fingerprint density at radius 3 is 3.13 bits per heavy atom. The Labute approximate surface area is 136 Å². The van der Waals surface area contributed by atoms with Crippen LogP contribution in [0.4, 0.5) is 5.13 Å². The van der Waals surface area contributed by atoms with E-state index in [1.165, 1.54) is 11.3 Å². The molecule has 0 aliphatic rings. The van der Waals surface area contributed by atoms with Gasteiger partial charge >= 0.3 is 0 Å². The molecule has 0 unspecified atom stereocenters. The normalized spacial score (nSPS) is 10.7. The minimum atomic E-state index is -0.170. The number of methoxy groups -OCH3 is 1. The molecule has 0 saturated carbocycles. The van der Waals surface area contributed by atoms with Gasteiger partial charge in [0, 0.05) is 17.4 Å². The van der Waals surface area contributed by atoms with Crippen LogP contribution in [0.25, 0.3) is 11.0 Å². The van der Waals surface area contributed by atoms with Crippen LogP contribution >= 0.6 is 11.3 Å². The first-order valence-electron chi connectivity index (χ1n) is 6.97. The van der Waals surface area contributed by atoms with Crippen molar-refractivity contribution in [2.75, 3.05) is 12.4 Å². The minimum absolute atomic E-state index is 0.170. The number of hydrogen-bond donors (Lipinski definition) is 1. The van der Waals surface area contributed by atoms with E-state index >= 15 is 0 Å². The van der Waals surface area contributed by atoms with E-state index in [2.05, 4.69) is 22.1 Å². The van der Waals surface area contributed by atoms with Gasteiger partial charge in [0.15, 0.2) is 0 Å². The number of nitrogens with zero attached hydrogens (tertiary/aromatic N) is 2. The Kier molecular flexibility index (Phi) is 4.38. The van der Waals surface area contributed by atoms with Crippen molar-refractivity contribution in [1.29, 1.82) is 0 Å². The summed E-state index contributed by atoms with van der Waals surface area (Å²) in [5.41, 5.74) is 1.52. The second-order valence-corrected chi connectivity index (χ2v) is 5.90. The lowest BCUT2D eigenvalue weighted by Gasteiger charge is -2.01. The molecule has 0 spiro atoms. The molecule has 3 aromatic rings. The molecule has 1 amide bonds. The average Bonchev–Trinajstić information content (AvgIpc) is 3.14. The fraction of sp³-hybridized carbons (Fsp3) is 0.188. The first-order valence-corrected chi connectivity index (χ1v) is 7.78. The van der Waals surface area contributed by atoms with Crippen LogP contribution in [-0.2, 0) is 17.6 Å². The molecule has 23 heavy (non-hydrogen) atoms. The smallest absolute Gasteiger partial charge is 0.230 e. The number of amides is 1. The van der Waals surface area contributed by atoms with Crippen molar-refractivity contribution in [1.82, 2.24) is 10.2 Å². The molecule has 6 nitrogen and oxygen atoms in total. The maximum absolute atomic E-state index is 12.2. The van der Waals surface area contributed by atoms with Crippen molar-refractivity contribution >= 4 is 33.3 Å². The average molecular weight is 329 g/mol. The number of hydrogen-bond acceptors (Lipinski definition) is 6. The Hall–Kier alpha value is -2.67. The third kappa shape index (κ3) is 3.40. The summed E-state index contributed by atoms with van der Waals surface area (Å²) in [6.45, 7) is 3.65. The molecule has 1 aromatic carbocycles. The maximum Gasteiger partial charge on any atom is 0.230 e. The molecule has 0 aliphatic carbocycles. The van der Waals surface area contributed by atoms with Gasteiger partial charge < -0.3 is 14.5 Å². The third-order valence-electron chi connectivity index (χ3n) is 3.24. The zero-order valence-electron chi connectivity index (χ0n) is 12.5. The SMILES string of the molecule is C=CCc1nnc(NC(=O)Cc2coc3ccc(OC)cc23)s1. The molecule has 2 aromatic heterocycles. The van der Waals surface area contributed by atoms with Gasteiger partial charge in [-0.15, -0.1) is 16.8 Å². The first-order chi connectivity index (χ1) is 11.2. The summed E-state index contributed by atoms with van der Waals surface area (Å²) in [6, 6.07) is 5.49. The highest BCUT2D eigenvalue weighted by molar-refractivity contribution is 7.15. The lowest BCUT2D eigenvalue weighted by atomic mass is 10.1. The summed E-state index contributed by atoms with van der Waals surface area (Å²) in [6.07, 6.45) is 4.17. The van der Waals surface area contributed by atoms with Crippen molar-refractivity contribution in [3.05, 3.63) is 47.7 Å². The highest BCUT2D eigenvalue weighted by Gasteiger charge is 2.13. The molecule has 0 aliphatic heterocycles. The summed E-state index contributed by atoms with van der Waals surface area (Å²) in [5.74, 6) is 0.551. The van der Waals surface area contributed by atoms with Gasteiger partial charge in [0.05, 0.1) is 19.8 Å². The fourth-order valence-corrected chi connectivity index (χ4v) is 2.92. The predicted molar refractivity (Wildman–Crippen MR) is 88.9 cm³/mol. The van der Waals surface area contributed by atoms with Gasteiger partial charge in [0.2, 0.25) is 11.0 Å². The summed E-state index contributed by atoms with van der Waals surface area (Å²) < 4.78 is 10.7. The first kappa shape index (κ1) is 15.2. The number of fused-ring (bicyclic) bond motifs is 1. The van der Waals surface area contributed by atoms with E-state index in [9.17, 15) is 4.79 Å². The Morgan fingerprint density at radius 1 is 1.48 bits per heavy atom. The molecule has 0 fully saturated rings. The third-order valence-corrected chi connectivity index (χ3v) is 4.11. The monoisotopic (exact) mass is 329 g/mol. The second kappa shape index (κ2) is 6.62. The molecule has 0 saturated heterocycles. The minimum Gasteiger partial charge on any atom is -0.497 e. The van der Waals surface area contributed by atoms with E-state index in [0.29, 0.717) is 11.6 Å². The summed E-state index contributed by atoms with van der Waals surface area (Å²) >= 11 is 1.34. The van der Waals surface area contributed by atoms with Gasteiger partial charge in [-0.25, -0.2) is 0 Å². The molecule has 7 heteroatoms. The van der Waals surface area contributed by atoms with Crippen LogP contribution in [-0.4, -0.2) is 23.2 Å². The van der Waals surface area contributed by atoms with Gasteiger partial charge in [-0.3, -0.25) is 4.79 Å². The number of anilines is 1. The standard InChI is InChI=1S/C16H15N3O3S/c1-3-4-15-18-19-16(23-15)17-14(20)7-10-9-22-13-6-5-11(21-2)8-12(10)13/h3,5-6,8-9H,1,4,7H2,2H3,(H,17,19,20). The van der Waals surface area contributed by atoms with Crippen LogP contribution in [0, 0.1) is 0 Å². The number of aromatic nitrogens is 2. The molecule has 118 valence electrons. The predicted octanol–water partition coefficient (Wildman–Crippen LogP) is 3.20. The molecular formula is C16H15N3O3S. The van der Waals surface area contributed by atoms with Crippen molar-refractivity contribution in [2.45, 2.75) is 12.8 Å². The number of furan rings is 1. The van der Waals surface area contributed by atoms with Crippen LogP contribution in [0.15, 0.2) is 41.5 Å². The zero-order chi connectivity index (χ0) is 16.2. The van der Waals surface area contributed by atoms with Crippen LogP contribution in [0.5, 0.6) is 5.75 Å². The van der Waals surface area contributed by atoms with Crippen molar-refractivity contribution in [2.24, 2.45) is 0 Å². The lowest BCUT2D eigenvalue weighted by molar-refractivity contribution is -0.115. The van der Waals surface area contributed by atoms with Crippen LogP contribution in [0.1, 0.15) is 10.6 Å². The lowest BCUT2D eigenvalue weighted by Crippen LogP contribution is -2.14. The number of allylic oxidation sites excluding steroid dienone is 1. The van der Waals surface area contributed by atoms with E-state index < -0.39 is 0 Å². The number of nitrogens with one attached hydrogen (secondary N) is 1. The number of carbonyl (C=O) groups is 1. The fourth-order valence-electron chi connectivity index (χ4n) is 2.17. The molecule has 0 atom stereocenters. The Morgan fingerprint density at radius 2 is 2.35 bits per heavy atom.